The van der Waals surface area contributed by atoms with Gasteiger partial charge in [-0.1, -0.05) is 6.92 Å². The minimum atomic E-state index is 0.284. The van der Waals surface area contributed by atoms with Crippen molar-refractivity contribution in [2.45, 2.75) is 32.2 Å². The molecule has 0 fully saturated rings. The van der Waals surface area contributed by atoms with Crippen LogP contribution in [0.25, 0.3) is 0 Å². The molecule has 1 aromatic rings. The summed E-state index contributed by atoms with van der Waals surface area (Å²) in [5.74, 6) is 3.51. The van der Waals surface area contributed by atoms with E-state index in [1.165, 1.54) is 0 Å². The first-order chi connectivity index (χ1) is 8.33. The van der Waals surface area contributed by atoms with Crippen LogP contribution in [-0.2, 0) is 0 Å². The third kappa shape index (κ3) is 4.08. The van der Waals surface area contributed by atoms with Gasteiger partial charge in [0.2, 0.25) is 0 Å². The zero-order valence-electron chi connectivity index (χ0n) is 10.6. The molecular formula is C14H20N2O. The first-order valence-corrected chi connectivity index (χ1v) is 5.98. The molecule has 1 atom stereocenters. The second kappa shape index (κ2) is 7.70. The van der Waals surface area contributed by atoms with Crippen LogP contribution in [0.5, 0.6) is 5.75 Å². The topological polar surface area (TPSA) is 34.2 Å². The van der Waals surface area contributed by atoms with Crippen LogP contribution in [0.2, 0.25) is 0 Å². The lowest BCUT2D eigenvalue weighted by molar-refractivity contribution is 0.393. The summed E-state index contributed by atoms with van der Waals surface area (Å²) in [5, 5.41) is 3.46. The van der Waals surface area contributed by atoms with E-state index in [-0.39, 0.29) is 6.04 Å². The van der Waals surface area contributed by atoms with Crippen molar-refractivity contribution in [3.05, 3.63) is 24.0 Å². The van der Waals surface area contributed by atoms with Crippen LogP contribution in [0.1, 0.15) is 37.8 Å². The van der Waals surface area contributed by atoms with Crippen molar-refractivity contribution in [3.63, 3.8) is 0 Å². The van der Waals surface area contributed by atoms with Crippen LogP contribution in [0, 0.1) is 12.3 Å². The van der Waals surface area contributed by atoms with Gasteiger partial charge in [0.15, 0.2) is 0 Å². The minimum absolute atomic E-state index is 0.284. The number of aromatic nitrogens is 1. The lowest BCUT2D eigenvalue weighted by atomic mass is 10.0. The summed E-state index contributed by atoms with van der Waals surface area (Å²) < 4.78 is 5.34. The van der Waals surface area contributed by atoms with E-state index in [9.17, 15) is 0 Å². The highest BCUT2D eigenvalue weighted by Crippen LogP contribution is 2.27. The Kier molecular flexibility index (Phi) is 6.13. The number of hydrogen-bond donors (Lipinski definition) is 1. The van der Waals surface area contributed by atoms with E-state index in [0.29, 0.717) is 0 Å². The molecule has 0 aromatic carbocycles. The SMILES string of the molecule is C#CCCCC(NCC)c1ccncc1OC. The third-order valence-electron chi connectivity index (χ3n) is 2.68. The Bertz CT molecular complexity index is 371. The maximum absolute atomic E-state index is 5.34. The van der Waals surface area contributed by atoms with Crippen molar-refractivity contribution in [1.82, 2.24) is 10.3 Å². The summed E-state index contributed by atoms with van der Waals surface area (Å²) in [5.41, 5.74) is 1.15. The minimum Gasteiger partial charge on any atom is -0.495 e. The summed E-state index contributed by atoms with van der Waals surface area (Å²) >= 11 is 0. The normalized spacial score (nSPS) is 11.8. The molecular weight excluding hydrogens is 212 g/mol. The molecule has 1 aromatic heterocycles. The molecule has 0 bridgehead atoms. The van der Waals surface area contributed by atoms with Gasteiger partial charge in [0.05, 0.1) is 13.3 Å². The number of rotatable bonds is 7. The number of methoxy groups -OCH3 is 1. The van der Waals surface area contributed by atoms with E-state index in [2.05, 4.69) is 23.1 Å². The lowest BCUT2D eigenvalue weighted by Crippen LogP contribution is -2.21. The highest BCUT2D eigenvalue weighted by Gasteiger charge is 2.14. The van der Waals surface area contributed by atoms with Gasteiger partial charge in [-0.05, 0) is 25.5 Å². The smallest absolute Gasteiger partial charge is 0.141 e. The Morgan fingerprint density at radius 2 is 2.41 bits per heavy atom. The summed E-state index contributed by atoms with van der Waals surface area (Å²) in [6.07, 6.45) is 11.7. The van der Waals surface area contributed by atoms with Crippen LogP contribution in [-0.4, -0.2) is 18.6 Å². The Morgan fingerprint density at radius 1 is 1.59 bits per heavy atom. The van der Waals surface area contributed by atoms with Crippen molar-refractivity contribution in [2.75, 3.05) is 13.7 Å². The molecule has 0 saturated carbocycles. The maximum atomic E-state index is 5.34. The maximum Gasteiger partial charge on any atom is 0.141 e. The van der Waals surface area contributed by atoms with Crippen LogP contribution in [0.3, 0.4) is 0 Å². The van der Waals surface area contributed by atoms with Crippen LogP contribution in [0.4, 0.5) is 0 Å². The average molecular weight is 232 g/mol. The Morgan fingerprint density at radius 3 is 3.06 bits per heavy atom. The van der Waals surface area contributed by atoms with Gasteiger partial charge in [-0.3, -0.25) is 4.98 Å². The number of nitrogens with zero attached hydrogens (tertiary/aromatic N) is 1. The number of unbranched alkanes of at least 4 members (excludes halogenated alkanes) is 1. The van der Waals surface area contributed by atoms with Gasteiger partial charge in [0.25, 0.3) is 0 Å². The fourth-order valence-corrected chi connectivity index (χ4v) is 1.87. The molecule has 1 rings (SSSR count). The molecule has 0 saturated heterocycles. The van der Waals surface area contributed by atoms with Crippen LogP contribution in [0.15, 0.2) is 18.5 Å². The largest absolute Gasteiger partial charge is 0.495 e. The molecule has 0 spiro atoms. The number of hydrogen-bond acceptors (Lipinski definition) is 3. The molecule has 1 heterocycles. The van der Waals surface area contributed by atoms with Crippen molar-refractivity contribution in [2.24, 2.45) is 0 Å². The van der Waals surface area contributed by atoms with Crippen LogP contribution < -0.4 is 10.1 Å². The molecule has 3 nitrogen and oxygen atoms in total. The molecule has 0 amide bonds. The lowest BCUT2D eigenvalue weighted by Gasteiger charge is -2.20. The zero-order chi connectivity index (χ0) is 12.5. The van der Waals surface area contributed by atoms with Crippen molar-refractivity contribution < 1.29 is 4.74 Å². The molecule has 1 N–H and O–H groups in total. The van der Waals surface area contributed by atoms with Crippen molar-refractivity contribution in [3.8, 4) is 18.1 Å². The third-order valence-corrected chi connectivity index (χ3v) is 2.68. The standard InChI is InChI=1S/C14H20N2O/c1-4-6-7-8-13(16-5-2)12-9-10-15-11-14(12)17-3/h1,9-11,13,16H,5-8H2,2-3H3. The van der Waals surface area contributed by atoms with Gasteiger partial charge in [0, 0.05) is 24.2 Å². The number of ether oxygens (including phenoxy) is 1. The van der Waals surface area contributed by atoms with Gasteiger partial charge < -0.3 is 10.1 Å². The second-order valence-electron chi connectivity index (χ2n) is 3.82. The quantitative estimate of drug-likeness (QED) is 0.579. The molecule has 3 heteroatoms. The van der Waals surface area contributed by atoms with E-state index in [0.717, 1.165) is 37.1 Å². The van der Waals surface area contributed by atoms with Gasteiger partial charge in [-0.25, -0.2) is 0 Å². The van der Waals surface area contributed by atoms with Gasteiger partial charge in [-0.15, -0.1) is 12.3 Å². The average Bonchev–Trinajstić information content (AvgIpc) is 2.38. The number of nitrogens with one attached hydrogen (secondary N) is 1. The summed E-state index contributed by atoms with van der Waals surface area (Å²) in [4.78, 5) is 4.07. The van der Waals surface area contributed by atoms with E-state index in [4.69, 9.17) is 11.2 Å². The predicted octanol–water partition coefficient (Wildman–Crippen LogP) is 2.54. The molecule has 0 radical (unpaired) electrons. The monoisotopic (exact) mass is 232 g/mol. The fourth-order valence-electron chi connectivity index (χ4n) is 1.87. The Labute approximate surface area is 104 Å². The number of pyridine rings is 1. The second-order valence-corrected chi connectivity index (χ2v) is 3.82. The molecule has 0 aliphatic rings. The zero-order valence-corrected chi connectivity index (χ0v) is 10.6. The van der Waals surface area contributed by atoms with Gasteiger partial charge in [0.1, 0.15) is 5.75 Å². The predicted molar refractivity (Wildman–Crippen MR) is 69.9 cm³/mol. The van der Waals surface area contributed by atoms with E-state index in [1.54, 1.807) is 19.5 Å². The van der Waals surface area contributed by atoms with E-state index < -0.39 is 0 Å². The summed E-state index contributed by atoms with van der Waals surface area (Å²) in [7, 11) is 1.67. The molecule has 1 unspecified atom stereocenters. The first kappa shape index (κ1) is 13.5. The molecule has 0 aliphatic heterocycles. The highest BCUT2D eigenvalue weighted by atomic mass is 16.5. The highest BCUT2D eigenvalue weighted by molar-refractivity contribution is 5.32. The Balaban J connectivity index is 2.77. The molecule has 92 valence electrons. The van der Waals surface area contributed by atoms with Gasteiger partial charge in [-0.2, -0.15) is 0 Å². The van der Waals surface area contributed by atoms with Crippen molar-refractivity contribution in [1.29, 1.82) is 0 Å². The number of terminal acetylenes is 1. The first-order valence-electron chi connectivity index (χ1n) is 5.98. The molecule has 17 heavy (non-hydrogen) atoms. The van der Waals surface area contributed by atoms with E-state index >= 15 is 0 Å². The molecule has 0 aliphatic carbocycles. The fraction of sp³-hybridized carbons (Fsp3) is 0.500. The van der Waals surface area contributed by atoms with Gasteiger partial charge >= 0.3 is 0 Å². The Hall–Kier alpha value is -1.53. The summed E-state index contributed by atoms with van der Waals surface area (Å²) in [6.45, 7) is 3.02. The van der Waals surface area contributed by atoms with Crippen LogP contribution >= 0.6 is 0 Å². The van der Waals surface area contributed by atoms with E-state index in [1.807, 2.05) is 6.07 Å². The van der Waals surface area contributed by atoms with Crippen molar-refractivity contribution >= 4 is 0 Å². The summed E-state index contributed by atoms with van der Waals surface area (Å²) in [6, 6.07) is 2.29.